The van der Waals surface area contributed by atoms with Crippen LogP contribution in [0.5, 0.6) is 0 Å². The second kappa shape index (κ2) is 47.2. The number of carbonyl (C=O) groups is 3. The number of ether oxygens (including phenoxy) is 3. The standard InChI is InChI=1S/C54H82O6/c1-4-7-10-13-16-19-22-25-27-30-32-35-38-41-44-47-53(56)59-50-51(49-58-52(55)46-43-40-37-34-31-28-24-21-18-15-12-9-6-3)60-54(57)48-45-42-39-36-33-29-26-23-20-17-14-11-8-5-2/h7,9-10,12-13,15-16,18-19,21-22,24-25,27-34,37,51H,4-6,8,11,14,17,20,23,26,35-36,38-50H2,1-3H3/b10-7-,12-9-,16-13-,18-15-,22-19-,24-21-,27-25-,31-28-,32-30-,33-29-,37-34-. The van der Waals surface area contributed by atoms with Crippen molar-refractivity contribution in [2.24, 2.45) is 0 Å². The molecule has 0 N–H and O–H groups in total. The molecule has 0 amide bonds. The number of esters is 3. The summed E-state index contributed by atoms with van der Waals surface area (Å²) in [5, 5.41) is 0. The predicted octanol–water partition coefficient (Wildman–Crippen LogP) is 15.1. The molecule has 0 aromatic carbocycles. The molecule has 0 aromatic rings. The summed E-state index contributed by atoms with van der Waals surface area (Å²) in [5.74, 6) is -1.08. The SMILES string of the molecule is CC\C=C/C=C\C=C/C=C\C=C/CCCCCC(=O)OCC(COC(=O)CCC\C=C/C=C\C=C/C=C\C=C/CC)OC(=O)CCCCC/C=C\CCCCCCCCC. The van der Waals surface area contributed by atoms with Crippen LogP contribution in [0.4, 0.5) is 0 Å². The zero-order chi connectivity index (χ0) is 43.7. The van der Waals surface area contributed by atoms with Gasteiger partial charge in [0.1, 0.15) is 13.2 Å². The first-order valence-electron chi connectivity index (χ1n) is 23.3. The summed E-state index contributed by atoms with van der Waals surface area (Å²) in [4.78, 5) is 37.8. The van der Waals surface area contributed by atoms with E-state index in [0.29, 0.717) is 12.8 Å². The Balaban J connectivity index is 4.63. The molecule has 1 unspecified atom stereocenters. The lowest BCUT2D eigenvalue weighted by Crippen LogP contribution is -2.30. The maximum Gasteiger partial charge on any atom is 0.306 e. The van der Waals surface area contributed by atoms with E-state index in [-0.39, 0.29) is 50.4 Å². The maximum absolute atomic E-state index is 12.7. The summed E-state index contributed by atoms with van der Waals surface area (Å²) in [6, 6.07) is 0. The van der Waals surface area contributed by atoms with Gasteiger partial charge in [0.25, 0.3) is 0 Å². The summed E-state index contributed by atoms with van der Waals surface area (Å²) in [7, 11) is 0. The Morgan fingerprint density at radius 2 is 0.683 bits per heavy atom. The predicted molar refractivity (Wildman–Crippen MR) is 256 cm³/mol. The third kappa shape index (κ3) is 44.6. The quantitative estimate of drug-likeness (QED) is 0.0202. The van der Waals surface area contributed by atoms with Crippen molar-refractivity contribution in [1.82, 2.24) is 0 Å². The molecular formula is C54H82O6. The molecule has 60 heavy (non-hydrogen) atoms. The minimum Gasteiger partial charge on any atom is -0.462 e. The minimum absolute atomic E-state index is 0.134. The lowest BCUT2D eigenvalue weighted by Gasteiger charge is -2.18. The fourth-order valence-electron chi connectivity index (χ4n) is 5.66. The highest BCUT2D eigenvalue weighted by atomic mass is 16.6. The molecule has 0 rings (SSSR count). The number of hydrogen-bond acceptors (Lipinski definition) is 6. The smallest absolute Gasteiger partial charge is 0.306 e. The number of hydrogen-bond donors (Lipinski definition) is 0. The van der Waals surface area contributed by atoms with Crippen molar-refractivity contribution in [2.75, 3.05) is 13.2 Å². The van der Waals surface area contributed by atoms with E-state index >= 15 is 0 Å². The number of allylic oxidation sites excluding steroid dienone is 22. The average Bonchev–Trinajstić information content (AvgIpc) is 3.24. The van der Waals surface area contributed by atoms with E-state index < -0.39 is 6.10 Å². The van der Waals surface area contributed by atoms with Crippen molar-refractivity contribution < 1.29 is 28.6 Å². The molecule has 0 fully saturated rings. The molecule has 0 saturated carbocycles. The van der Waals surface area contributed by atoms with Crippen LogP contribution in [-0.2, 0) is 28.6 Å². The first-order chi connectivity index (χ1) is 29.5. The van der Waals surface area contributed by atoms with Crippen molar-refractivity contribution in [3.8, 4) is 0 Å². The van der Waals surface area contributed by atoms with Crippen LogP contribution >= 0.6 is 0 Å². The Hall–Kier alpha value is -4.45. The Morgan fingerprint density at radius 1 is 0.350 bits per heavy atom. The third-order valence-electron chi connectivity index (χ3n) is 9.13. The summed E-state index contributed by atoms with van der Waals surface area (Å²) in [6.07, 6.45) is 65.8. The van der Waals surface area contributed by atoms with E-state index in [1.807, 2.05) is 103 Å². The fourth-order valence-corrected chi connectivity index (χ4v) is 5.66. The van der Waals surface area contributed by atoms with Crippen LogP contribution in [0.3, 0.4) is 0 Å². The molecule has 0 saturated heterocycles. The van der Waals surface area contributed by atoms with Gasteiger partial charge in [-0.25, -0.2) is 0 Å². The zero-order valence-corrected chi connectivity index (χ0v) is 37.9. The monoisotopic (exact) mass is 827 g/mol. The number of carbonyl (C=O) groups excluding carboxylic acids is 3. The van der Waals surface area contributed by atoms with Gasteiger partial charge in [0.15, 0.2) is 6.10 Å². The highest BCUT2D eigenvalue weighted by Crippen LogP contribution is 2.12. The van der Waals surface area contributed by atoms with Gasteiger partial charge in [-0.2, -0.15) is 0 Å². The Kier molecular flexibility index (Phi) is 43.7. The molecule has 0 spiro atoms. The molecule has 0 heterocycles. The van der Waals surface area contributed by atoms with Crippen molar-refractivity contribution in [2.45, 2.75) is 175 Å². The molecule has 6 nitrogen and oxygen atoms in total. The summed E-state index contributed by atoms with van der Waals surface area (Å²) in [5.41, 5.74) is 0. The van der Waals surface area contributed by atoms with Gasteiger partial charge in [0.2, 0.25) is 0 Å². The average molecular weight is 827 g/mol. The normalized spacial score (nSPS) is 13.3. The highest BCUT2D eigenvalue weighted by molar-refractivity contribution is 5.71. The first-order valence-corrected chi connectivity index (χ1v) is 23.3. The van der Waals surface area contributed by atoms with Gasteiger partial charge in [-0.15, -0.1) is 0 Å². The lowest BCUT2D eigenvalue weighted by atomic mass is 10.1. The van der Waals surface area contributed by atoms with E-state index in [2.05, 4.69) is 51.2 Å². The van der Waals surface area contributed by atoms with Crippen LogP contribution in [0.1, 0.15) is 168 Å². The van der Waals surface area contributed by atoms with Crippen LogP contribution in [0.15, 0.2) is 134 Å². The van der Waals surface area contributed by atoms with Crippen molar-refractivity contribution >= 4 is 17.9 Å². The topological polar surface area (TPSA) is 78.9 Å². The van der Waals surface area contributed by atoms with Crippen LogP contribution in [0.25, 0.3) is 0 Å². The fraction of sp³-hybridized carbons (Fsp3) is 0.537. The second-order valence-corrected chi connectivity index (χ2v) is 14.8. The largest absolute Gasteiger partial charge is 0.462 e. The Labute approximate surface area is 366 Å². The van der Waals surface area contributed by atoms with Gasteiger partial charge in [-0.05, 0) is 77.0 Å². The lowest BCUT2D eigenvalue weighted by molar-refractivity contribution is -0.167. The Morgan fingerprint density at radius 3 is 1.13 bits per heavy atom. The van der Waals surface area contributed by atoms with E-state index in [1.54, 1.807) is 0 Å². The molecule has 0 radical (unpaired) electrons. The van der Waals surface area contributed by atoms with E-state index in [1.165, 1.54) is 44.9 Å². The molecule has 6 heteroatoms. The Bertz CT molecular complexity index is 1370. The summed E-state index contributed by atoms with van der Waals surface area (Å²) < 4.78 is 16.6. The van der Waals surface area contributed by atoms with Crippen molar-refractivity contribution in [3.05, 3.63) is 134 Å². The van der Waals surface area contributed by atoms with Gasteiger partial charge in [0, 0.05) is 19.3 Å². The van der Waals surface area contributed by atoms with Crippen LogP contribution < -0.4 is 0 Å². The molecule has 334 valence electrons. The van der Waals surface area contributed by atoms with Gasteiger partial charge in [0.05, 0.1) is 0 Å². The number of unbranched alkanes of at least 4 members (excludes halogenated alkanes) is 14. The van der Waals surface area contributed by atoms with Crippen LogP contribution in [0.2, 0.25) is 0 Å². The highest BCUT2D eigenvalue weighted by Gasteiger charge is 2.19. The minimum atomic E-state index is -0.836. The van der Waals surface area contributed by atoms with E-state index in [9.17, 15) is 14.4 Å². The molecule has 0 aliphatic heterocycles. The van der Waals surface area contributed by atoms with Gasteiger partial charge >= 0.3 is 17.9 Å². The molecule has 0 aromatic heterocycles. The third-order valence-corrected chi connectivity index (χ3v) is 9.13. The van der Waals surface area contributed by atoms with Crippen molar-refractivity contribution in [1.29, 1.82) is 0 Å². The maximum atomic E-state index is 12.7. The molecule has 1 atom stereocenters. The van der Waals surface area contributed by atoms with Crippen LogP contribution in [0, 0.1) is 0 Å². The summed E-state index contributed by atoms with van der Waals surface area (Å²) in [6.45, 7) is 6.19. The van der Waals surface area contributed by atoms with Gasteiger partial charge in [-0.1, -0.05) is 206 Å². The van der Waals surface area contributed by atoms with E-state index in [0.717, 1.165) is 70.6 Å². The molecule has 0 aliphatic rings. The van der Waals surface area contributed by atoms with Gasteiger partial charge < -0.3 is 14.2 Å². The zero-order valence-electron chi connectivity index (χ0n) is 37.9. The number of rotatable bonds is 39. The second-order valence-electron chi connectivity index (χ2n) is 14.8. The molecular weight excluding hydrogens is 745 g/mol. The molecule has 0 bridgehead atoms. The van der Waals surface area contributed by atoms with Crippen molar-refractivity contribution in [3.63, 3.8) is 0 Å². The molecule has 0 aliphatic carbocycles. The van der Waals surface area contributed by atoms with Crippen LogP contribution in [-0.4, -0.2) is 37.2 Å². The summed E-state index contributed by atoms with van der Waals surface area (Å²) >= 11 is 0. The van der Waals surface area contributed by atoms with E-state index in [4.69, 9.17) is 14.2 Å². The first kappa shape index (κ1) is 55.6. The van der Waals surface area contributed by atoms with Gasteiger partial charge in [-0.3, -0.25) is 14.4 Å².